The van der Waals surface area contributed by atoms with E-state index in [9.17, 15) is 14.0 Å². The Morgan fingerprint density at radius 2 is 1.72 bits per heavy atom. The second-order valence-electron chi connectivity index (χ2n) is 6.96. The SMILES string of the molecule is O=C(CCC(=O)c1ccccc1)NCCOc1ccc2nnc(-c3ccc(F)cc3)n2n1. The van der Waals surface area contributed by atoms with Crippen molar-refractivity contribution in [2.75, 3.05) is 13.2 Å². The second kappa shape index (κ2) is 9.78. The minimum atomic E-state index is -0.342. The number of ketones is 1. The number of fused-ring (bicyclic) bond motifs is 1. The summed E-state index contributed by atoms with van der Waals surface area (Å²) in [6, 6.07) is 18.1. The fourth-order valence-electron chi connectivity index (χ4n) is 3.06. The monoisotopic (exact) mass is 433 g/mol. The molecule has 0 aliphatic heterocycles. The van der Waals surface area contributed by atoms with Crippen LogP contribution in [0.2, 0.25) is 0 Å². The molecule has 2 aromatic carbocycles. The first-order valence-corrected chi connectivity index (χ1v) is 10.1. The normalized spacial score (nSPS) is 10.8. The summed E-state index contributed by atoms with van der Waals surface area (Å²) in [6.07, 6.45) is 0.258. The first kappa shape index (κ1) is 21.1. The maximum absolute atomic E-state index is 13.2. The third-order valence-corrected chi connectivity index (χ3v) is 4.69. The van der Waals surface area contributed by atoms with Gasteiger partial charge in [-0.15, -0.1) is 15.3 Å². The molecule has 0 saturated carbocycles. The largest absolute Gasteiger partial charge is 0.475 e. The minimum Gasteiger partial charge on any atom is -0.475 e. The molecule has 1 N–H and O–H groups in total. The summed E-state index contributed by atoms with van der Waals surface area (Å²) in [6.45, 7) is 0.468. The maximum atomic E-state index is 13.2. The number of nitrogens with zero attached hydrogens (tertiary/aromatic N) is 4. The Kier molecular flexibility index (Phi) is 6.45. The summed E-state index contributed by atoms with van der Waals surface area (Å²) >= 11 is 0. The molecule has 0 radical (unpaired) electrons. The predicted octanol–water partition coefficient (Wildman–Crippen LogP) is 3.09. The molecular weight excluding hydrogens is 413 g/mol. The predicted molar refractivity (Wildman–Crippen MR) is 115 cm³/mol. The highest BCUT2D eigenvalue weighted by Crippen LogP contribution is 2.19. The highest BCUT2D eigenvalue weighted by molar-refractivity contribution is 5.97. The van der Waals surface area contributed by atoms with Crippen molar-refractivity contribution in [1.82, 2.24) is 25.1 Å². The minimum absolute atomic E-state index is 0.0691. The Labute approximate surface area is 183 Å². The molecule has 9 heteroatoms. The number of halogens is 1. The lowest BCUT2D eigenvalue weighted by Gasteiger charge is -2.08. The van der Waals surface area contributed by atoms with E-state index in [0.717, 1.165) is 0 Å². The smallest absolute Gasteiger partial charge is 0.231 e. The van der Waals surface area contributed by atoms with Crippen molar-refractivity contribution < 1.29 is 18.7 Å². The van der Waals surface area contributed by atoms with E-state index >= 15 is 0 Å². The lowest BCUT2D eigenvalue weighted by atomic mass is 10.1. The van der Waals surface area contributed by atoms with Crippen LogP contribution >= 0.6 is 0 Å². The van der Waals surface area contributed by atoms with Crippen molar-refractivity contribution in [2.45, 2.75) is 12.8 Å². The number of amides is 1. The summed E-state index contributed by atoms with van der Waals surface area (Å²) in [7, 11) is 0. The zero-order chi connectivity index (χ0) is 22.3. The van der Waals surface area contributed by atoms with Gasteiger partial charge < -0.3 is 10.1 Å². The number of hydrogen-bond donors (Lipinski definition) is 1. The van der Waals surface area contributed by atoms with Crippen LogP contribution < -0.4 is 10.1 Å². The standard InChI is InChI=1S/C23H20FN5O3/c24-18-8-6-17(7-9-18)23-27-26-20-11-13-22(28-29(20)23)32-15-14-25-21(31)12-10-19(30)16-4-2-1-3-5-16/h1-9,11,13H,10,12,14-15H2,(H,25,31). The average Bonchev–Trinajstić information content (AvgIpc) is 3.24. The van der Waals surface area contributed by atoms with E-state index in [-0.39, 0.29) is 43.5 Å². The molecule has 0 fully saturated rings. The highest BCUT2D eigenvalue weighted by atomic mass is 19.1. The fraction of sp³-hybridized carbons (Fsp3) is 0.174. The van der Waals surface area contributed by atoms with Gasteiger partial charge >= 0.3 is 0 Å². The average molecular weight is 433 g/mol. The molecule has 0 aliphatic carbocycles. The van der Waals surface area contributed by atoms with E-state index < -0.39 is 0 Å². The number of Topliss-reactive ketones (excluding diaryl/α,β-unsaturated/α-hetero) is 1. The van der Waals surface area contributed by atoms with Crippen LogP contribution in [0.15, 0.2) is 66.7 Å². The van der Waals surface area contributed by atoms with E-state index in [1.165, 1.54) is 16.6 Å². The third kappa shape index (κ3) is 5.12. The molecule has 2 aromatic heterocycles. The Morgan fingerprint density at radius 1 is 0.938 bits per heavy atom. The van der Waals surface area contributed by atoms with Gasteiger partial charge in [-0.1, -0.05) is 30.3 Å². The zero-order valence-corrected chi connectivity index (χ0v) is 17.1. The number of carbonyl (C=O) groups excluding carboxylic acids is 2. The molecule has 0 spiro atoms. The van der Waals surface area contributed by atoms with Crippen molar-refractivity contribution in [3.05, 3.63) is 78.1 Å². The van der Waals surface area contributed by atoms with Gasteiger partial charge in [-0.25, -0.2) is 4.39 Å². The highest BCUT2D eigenvalue weighted by Gasteiger charge is 2.11. The maximum Gasteiger partial charge on any atom is 0.231 e. The number of ether oxygens (including phenoxy) is 1. The summed E-state index contributed by atoms with van der Waals surface area (Å²) < 4.78 is 20.3. The molecule has 0 atom stereocenters. The Morgan fingerprint density at radius 3 is 2.50 bits per heavy atom. The number of nitrogens with one attached hydrogen (secondary N) is 1. The Balaban J connectivity index is 1.27. The van der Waals surface area contributed by atoms with E-state index in [0.29, 0.717) is 28.5 Å². The van der Waals surface area contributed by atoms with Gasteiger partial charge in [0, 0.05) is 30.0 Å². The molecule has 0 unspecified atom stereocenters. The lowest BCUT2D eigenvalue weighted by Crippen LogP contribution is -2.28. The molecule has 1 amide bonds. The first-order valence-electron chi connectivity index (χ1n) is 10.1. The van der Waals surface area contributed by atoms with Gasteiger partial charge in [-0.3, -0.25) is 9.59 Å². The topological polar surface area (TPSA) is 98.5 Å². The Hall–Kier alpha value is -4.14. The van der Waals surface area contributed by atoms with Crippen LogP contribution in [0.1, 0.15) is 23.2 Å². The van der Waals surface area contributed by atoms with Crippen LogP contribution in [0.5, 0.6) is 5.88 Å². The van der Waals surface area contributed by atoms with E-state index in [1.807, 2.05) is 6.07 Å². The molecular formula is C23H20FN5O3. The summed E-state index contributed by atoms with van der Waals surface area (Å²) in [4.78, 5) is 24.0. The van der Waals surface area contributed by atoms with Crippen LogP contribution in [0.25, 0.3) is 17.0 Å². The molecule has 4 aromatic rings. The number of hydrogen-bond acceptors (Lipinski definition) is 6. The molecule has 162 valence electrons. The van der Waals surface area contributed by atoms with Gasteiger partial charge in [0.2, 0.25) is 11.8 Å². The molecule has 8 nitrogen and oxygen atoms in total. The third-order valence-electron chi connectivity index (χ3n) is 4.69. The molecule has 0 aliphatic rings. The van der Waals surface area contributed by atoms with Gasteiger partial charge in [0.25, 0.3) is 0 Å². The van der Waals surface area contributed by atoms with Gasteiger partial charge in [-0.05, 0) is 30.3 Å². The second-order valence-corrected chi connectivity index (χ2v) is 6.96. The van der Waals surface area contributed by atoms with Gasteiger partial charge in [0.15, 0.2) is 17.3 Å². The fourth-order valence-corrected chi connectivity index (χ4v) is 3.06. The Bertz CT molecular complexity index is 1230. The number of rotatable bonds is 9. The van der Waals surface area contributed by atoms with Crippen molar-refractivity contribution in [1.29, 1.82) is 0 Å². The number of carbonyl (C=O) groups is 2. The van der Waals surface area contributed by atoms with Crippen molar-refractivity contribution in [2.24, 2.45) is 0 Å². The molecule has 4 rings (SSSR count). The molecule has 0 bridgehead atoms. The number of aromatic nitrogens is 4. The zero-order valence-electron chi connectivity index (χ0n) is 17.1. The van der Waals surface area contributed by atoms with Crippen LogP contribution in [0, 0.1) is 5.82 Å². The van der Waals surface area contributed by atoms with Crippen LogP contribution in [0.3, 0.4) is 0 Å². The summed E-state index contributed by atoms with van der Waals surface area (Å²) in [5, 5.41) is 15.2. The van der Waals surface area contributed by atoms with Gasteiger partial charge in [0.05, 0.1) is 6.54 Å². The molecule has 32 heavy (non-hydrogen) atoms. The van der Waals surface area contributed by atoms with Gasteiger partial charge in [0.1, 0.15) is 12.4 Å². The molecule has 2 heterocycles. The summed E-state index contributed by atoms with van der Waals surface area (Å²) in [5.74, 6) is 0.154. The van der Waals surface area contributed by atoms with Gasteiger partial charge in [-0.2, -0.15) is 4.52 Å². The first-order chi connectivity index (χ1) is 15.6. The van der Waals surface area contributed by atoms with Crippen molar-refractivity contribution >= 4 is 17.3 Å². The van der Waals surface area contributed by atoms with E-state index in [2.05, 4.69) is 20.6 Å². The van der Waals surface area contributed by atoms with Crippen molar-refractivity contribution in [3.8, 4) is 17.3 Å². The van der Waals surface area contributed by atoms with Crippen LogP contribution in [-0.4, -0.2) is 44.7 Å². The quantitative estimate of drug-likeness (QED) is 0.322. The van der Waals surface area contributed by atoms with Crippen LogP contribution in [0.4, 0.5) is 4.39 Å². The van der Waals surface area contributed by atoms with E-state index in [1.54, 1.807) is 48.5 Å². The molecule has 0 saturated heterocycles. The summed E-state index contributed by atoms with van der Waals surface area (Å²) in [5.41, 5.74) is 1.79. The number of benzene rings is 2. The lowest BCUT2D eigenvalue weighted by molar-refractivity contribution is -0.121. The van der Waals surface area contributed by atoms with Crippen molar-refractivity contribution in [3.63, 3.8) is 0 Å². The van der Waals surface area contributed by atoms with E-state index in [4.69, 9.17) is 4.74 Å². The van der Waals surface area contributed by atoms with Crippen LogP contribution in [-0.2, 0) is 4.79 Å².